The van der Waals surface area contributed by atoms with E-state index in [1.807, 2.05) is 28.8 Å². The number of carbonyl (C=O) groups is 1. The van der Waals surface area contributed by atoms with E-state index in [2.05, 4.69) is 10.3 Å². The van der Waals surface area contributed by atoms with E-state index in [0.29, 0.717) is 11.3 Å². The minimum absolute atomic E-state index is 0.00917. The molecule has 1 atom stereocenters. The van der Waals surface area contributed by atoms with E-state index < -0.39 is 11.9 Å². The lowest BCUT2D eigenvalue weighted by atomic mass is 10.1. The number of fused-ring (bicyclic) bond motifs is 1. The molecule has 2 aromatic carbocycles. The topological polar surface area (TPSA) is 73.9 Å². The van der Waals surface area contributed by atoms with Crippen LogP contribution in [0.15, 0.2) is 79.3 Å². The van der Waals surface area contributed by atoms with E-state index in [9.17, 15) is 14.4 Å². The number of rotatable bonds is 5. The number of carbonyl (C=O) groups excluding carboxylic acids is 1. The molecule has 0 saturated heterocycles. The van der Waals surface area contributed by atoms with Crippen molar-refractivity contribution in [2.45, 2.75) is 12.6 Å². The minimum Gasteiger partial charge on any atom is -0.618 e. The molecule has 4 aromatic rings. The van der Waals surface area contributed by atoms with E-state index in [1.54, 1.807) is 30.6 Å². The third-order valence-corrected chi connectivity index (χ3v) is 4.54. The summed E-state index contributed by atoms with van der Waals surface area (Å²) in [5.74, 6) is -0.864. The summed E-state index contributed by atoms with van der Waals surface area (Å²) in [6.45, 7) is 0.379. The Kier molecular flexibility index (Phi) is 4.72. The normalized spacial score (nSPS) is 12.0. The SMILES string of the molecule is O=C(N[C@@H](Cn1cnc2ccccc21)c1ccc(F)cc1)c1cccc[n+]1[O-]. The highest BCUT2D eigenvalue weighted by atomic mass is 19.1. The molecule has 28 heavy (non-hydrogen) atoms. The van der Waals surface area contributed by atoms with Crippen molar-refractivity contribution in [1.29, 1.82) is 0 Å². The Balaban J connectivity index is 1.67. The third kappa shape index (κ3) is 3.55. The number of nitrogens with zero attached hydrogens (tertiary/aromatic N) is 3. The van der Waals surface area contributed by atoms with Gasteiger partial charge in [0.2, 0.25) is 0 Å². The third-order valence-electron chi connectivity index (χ3n) is 4.54. The first kappa shape index (κ1) is 17.7. The summed E-state index contributed by atoms with van der Waals surface area (Å²) < 4.78 is 15.8. The Bertz CT molecular complexity index is 1120. The van der Waals surface area contributed by atoms with Gasteiger partial charge in [-0.1, -0.05) is 24.3 Å². The molecule has 2 heterocycles. The first-order chi connectivity index (χ1) is 13.6. The van der Waals surface area contributed by atoms with Crippen LogP contribution in [-0.4, -0.2) is 15.5 Å². The van der Waals surface area contributed by atoms with Crippen LogP contribution >= 0.6 is 0 Å². The van der Waals surface area contributed by atoms with Gasteiger partial charge in [-0.25, -0.2) is 9.37 Å². The van der Waals surface area contributed by atoms with Gasteiger partial charge < -0.3 is 15.1 Å². The van der Waals surface area contributed by atoms with Gasteiger partial charge in [0.05, 0.1) is 23.4 Å². The number of amides is 1. The van der Waals surface area contributed by atoms with Crippen LogP contribution in [0.25, 0.3) is 11.0 Å². The van der Waals surface area contributed by atoms with E-state index >= 15 is 0 Å². The van der Waals surface area contributed by atoms with E-state index in [1.165, 1.54) is 24.4 Å². The molecule has 6 nitrogen and oxygen atoms in total. The van der Waals surface area contributed by atoms with Crippen LogP contribution in [0.3, 0.4) is 0 Å². The Morgan fingerprint density at radius 3 is 2.64 bits per heavy atom. The van der Waals surface area contributed by atoms with Crippen molar-refractivity contribution in [1.82, 2.24) is 14.9 Å². The maximum absolute atomic E-state index is 13.4. The first-order valence-electron chi connectivity index (χ1n) is 8.76. The molecule has 0 spiro atoms. The van der Waals surface area contributed by atoms with Gasteiger partial charge >= 0.3 is 5.91 Å². The van der Waals surface area contributed by atoms with Crippen molar-refractivity contribution < 1.29 is 13.9 Å². The van der Waals surface area contributed by atoms with Gasteiger partial charge in [0.1, 0.15) is 5.82 Å². The van der Waals surface area contributed by atoms with Crippen LogP contribution in [-0.2, 0) is 6.54 Å². The average molecular weight is 376 g/mol. The highest BCUT2D eigenvalue weighted by Crippen LogP contribution is 2.20. The molecule has 7 heteroatoms. The van der Waals surface area contributed by atoms with E-state index in [0.717, 1.165) is 16.6 Å². The number of imidazole rings is 1. The lowest BCUT2D eigenvalue weighted by molar-refractivity contribution is -0.607. The Hall–Kier alpha value is -3.74. The Morgan fingerprint density at radius 2 is 1.86 bits per heavy atom. The second-order valence-electron chi connectivity index (χ2n) is 6.37. The van der Waals surface area contributed by atoms with Gasteiger partial charge in [0.15, 0.2) is 6.20 Å². The zero-order valence-electron chi connectivity index (χ0n) is 14.8. The predicted molar refractivity (Wildman–Crippen MR) is 102 cm³/mol. The molecule has 140 valence electrons. The molecule has 0 saturated carbocycles. The van der Waals surface area contributed by atoms with Crippen LogP contribution in [0.2, 0.25) is 0 Å². The highest BCUT2D eigenvalue weighted by molar-refractivity contribution is 5.91. The van der Waals surface area contributed by atoms with Crippen molar-refractivity contribution in [3.05, 3.63) is 102 Å². The molecule has 1 amide bonds. The standard InChI is InChI=1S/C21H17FN4O2/c22-16-10-8-15(9-11-16)18(24-21(27)20-7-3-4-12-26(20)28)13-25-14-23-17-5-1-2-6-19(17)25/h1-12,14,18H,13H2,(H,24,27)/t18-/m0/s1. The number of halogens is 1. The minimum atomic E-state index is -0.505. The van der Waals surface area contributed by atoms with Crippen LogP contribution in [0.4, 0.5) is 4.39 Å². The summed E-state index contributed by atoms with van der Waals surface area (Å²) in [6, 6.07) is 17.7. The molecule has 0 radical (unpaired) electrons. The van der Waals surface area contributed by atoms with Gasteiger partial charge in [-0.15, -0.1) is 0 Å². The fraction of sp³-hybridized carbons (Fsp3) is 0.0952. The maximum atomic E-state index is 13.4. The molecule has 0 aliphatic heterocycles. The average Bonchev–Trinajstić information content (AvgIpc) is 3.11. The smallest absolute Gasteiger partial charge is 0.317 e. The van der Waals surface area contributed by atoms with Crippen LogP contribution in [0, 0.1) is 11.0 Å². The molecule has 0 fully saturated rings. The molecule has 1 N–H and O–H groups in total. The maximum Gasteiger partial charge on any atom is 0.317 e. The van der Waals surface area contributed by atoms with Crippen LogP contribution < -0.4 is 10.0 Å². The van der Waals surface area contributed by atoms with Crippen molar-refractivity contribution in [3.63, 3.8) is 0 Å². The summed E-state index contributed by atoms with van der Waals surface area (Å²) in [5, 5.41) is 14.8. The molecule has 0 bridgehead atoms. The molecule has 4 rings (SSSR count). The van der Waals surface area contributed by atoms with Crippen molar-refractivity contribution >= 4 is 16.9 Å². The molecule has 0 aliphatic carbocycles. The second-order valence-corrected chi connectivity index (χ2v) is 6.37. The number of nitrogens with one attached hydrogen (secondary N) is 1. The van der Waals surface area contributed by atoms with Crippen molar-refractivity contribution in [2.75, 3.05) is 0 Å². The summed E-state index contributed by atoms with van der Waals surface area (Å²) >= 11 is 0. The number of para-hydroxylation sites is 2. The molecule has 0 unspecified atom stereocenters. The lowest BCUT2D eigenvalue weighted by Crippen LogP contribution is -2.41. The summed E-state index contributed by atoms with van der Waals surface area (Å²) in [4.78, 5) is 17.0. The van der Waals surface area contributed by atoms with Gasteiger partial charge in [0, 0.05) is 18.7 Å². The first-order valence-corrected chi connectivity index (χ1v) is 8.76. The summed E-state index contributed by atoms with van der Waals surface area (Å²) in [6.07, 6.45) is 2.97. The largest absolute Gasteiger partial charge is 0.618 e. The highest BCUT2D eigenvalue weighted by Gasteiger charge is 2.22. The fourth-order valence-corrected chi connectivity index (χ4v) is 3.12. The number of pyridine rings is 1. The van der Waals surface area contributed by atoms with Crippen molar-refractivity contribution in [3.8, 4) is 0 Å². The van der Waals surface area contributed by atoms with Gasteiger partial charge in [-0.3, -0.25) is 4.79 Å². The number of aromatic nitrogens is 3. The zero-order valence-corrected chi connectivity index (χ0v) is 14.8. The molecule has 0 aliphatic rings. The number of hydrogen-bond acceptors (Lipinski definition) is 3. The summed E-state index contributed by atoms with van der Waals surface area (Å²) in [7, 11) is 0. The monoisotopic (exact) mass is 376 g/mol. The molecular formula is C21H17FN4O2. The quantitative estimate of drug-likeness (QED) is 0.430. The Morgan fingerprint density at radius 1 is 1.11 bits per heavy atom. The Labute approximate surface area is 160 Å². The van der Waals surface area contributed by atoms with Crippen LogP contribution in [0.1, 0.15) is 22.1 Å². The number of hydrogen-bond donors (Lipinski definition) is 1. The summed E-state index contributed by atoms with van der Waals surface area (Å²) in [5.41, 5.74) is 2.47. The van der Waals surface area contributed by atoms with Gasteiger partial charge in [-0.05, 0) is 35.9 Å². The van der Waals surface area contributed by atoms with E-state index in [4.69, 9.17) is 0 Å². The van der Waals surface area contributed by atoms with E-state index in [-0.39, 0.29) is 11.5 Å². The molecule has 2 aromatic heterocycles. The lowest BCUT2D eigenvalue weighted by Gasteiger charge is -2.20. The van der Waals surface area contributed by atoms with Gasteiger partial charge in [-0.2, -0.15) is 4.73 Å². The van der Waals surface area contributed by atoms with Crippen LogP contribution in [0.5, 0.6) is 0 Å². The zero-order chi connectivity index (χ0) is 19.5. The molecular weight excluding hydrogens is 359 g/mol. The second kappa shape index (κ2) is 7.48. The van der Waals surface area contributed by atoms with Gasteiger partial charge in [0.25, 0.3) is 5.69 Å². The fourth-order valence-electron chi connectivity index (χ4n) is 3.12. The number of benzene rings is 2. The predicted octanol–water partition coefficient (Wildman–Crippen LogP) is 2.98. The van der Waals surface area contributed by atoms with Crippen molar-refractivity contribution in [2.24, 2.45) is 0 Å².